The standard InChI is InChI=1S/C10H7F3N2.C8H6F2N2O2.C6H12/c11-10(12,13)9-5-7(14)6-3-1-2-4-8(6)15-9;9-4-2-1-3-5(10)6(4)12-8(14)7(11)13;1-2-4-6-5-3-1/h1-5H,(H2,14,15);1-3H,(H2,11,13)(H,12,14);1-6H2. The van der Waals surface area contributed by atoms with Gasteiger partial charge in [-0.1, -0.05) is 62.8 Å². The molecule has 1 fully saturated rings. The minimum atomic E-state index is -4.46. The van der Waals surface area contributed by atoms with E-state index in [0.717, 1.165) is 24.3 Å². The number of rotatable bonds is 1. The van der Waals surface area contributed by atoms with Crippen LogP contribution in [0.1, 0.15) is 44.2 Å². The van der Waals surface area contributed by atoms with E-state index in [1.165, 1.54) is 44.6 Å². The Balaban J connectivity index is 0.000000201. The van der Waals surface area contributed by atoms with Crippen molar-refractivity contribution in [1.29, 1.82) is 0 Å². The van der Waals surface area contributed by atoms with Crippen molar-refractivity contribution in [2.24, 2.45) is 5.73 Å². The highest BCUT2D eigenvalue weighted by molar-refractivity contribution is 6.39. The van der Waals surface area contributed by atoms with Crippen molar-refractivity contribution in [3.05, 3.63) is 65.9 Å². The van der Waals surface area contributed by atoms with Gasteiger partial charge in [0.15, 0.2) is 0 Å². The summed E-state index contributed by atoms with van der Waals surface area (Å²) in [5.74, 6) is -4.53. The third kappa shape index (κ3) is 8.51. The molecule has 5 N–H and O–H groups in total. The lowest BCUT2D eigenvalue weighted by Crippen LogP contribution is -2.30. The maximum Gasteiger partial charge on any atom is 0.433 e. The molecule has 11 heteroatoms. The Labute approximate surface area is 198 Å². The van der Waals surface area contributed by atoms with Crippen LogP contribution >= 0.6 is 0 Å². The molecule has 1 aromatic heterocycles. The first-order valence-corrected chi connectivity index (χ1v) is 10.8. The van der Waals surface area contributed by atoms with E-state index in [2.05, 4.69) is 10.7 Å². The summed E-state index contributed by atoms with van der Waals surface area (Å²) in [6.45, 7) is 0. The molecule has 0 atom stereocenters. The summed E-state index contributed by atoms with van der Waals surface area (Å²) in [4.78, 5) is 24.5. The van der Waals surface area contributed by atoms with Crippen LogP contribution in [0.25, 0.3) is 10.9 Å². The largest absolute Gasteiger partial charge is 0.433 e. The lowest BCUT2D eigenvalue weighted by atomic mass is 10.0. The van der Waals surface area contributed by atoms with Crippen molar-refractivity contribution >= 4 is 34.1 Å². The fourth-order valence-corrected chi connectivity index (χ4v) is 3.20. The number of benzene rings is 2. The number of aromatic nitrogens is 1. The van der Waals surface area contributed by atoms with Crippen LogP contribution in [0.3, 0.4) is 0 Å². The molecule has 188 valence electrons. The number of pyridine rings is 1. The van der Waals surface area contributed by atoms with Crippen LogP contribution in [0.5, 0.6) is 0 Å². The van der Waals surface area contributed by atoms with Crippen LogP contribution in [0, 0.1) is 11.6 Å². The maximum absolute atomic E-state index is 12.9. The first-order chi connectivity index (χ1) is 16.5. The number of fused-ring (bicyclic) bond motifs is 1. The third-order valence-electron chi connectivity index (χ3n) is 4.96. The highest BCUT2D eigenvalue weighted by atomic mass is 19.4. The van der Waals surface area contributed by atoms with Crippen LogP contribution in [-0.4, -0.2) is 16.8 Å². The lowest BCUT2D eigenvalue weighted by Gasteiger charge is -2.08. The topological polar surface area (TPSA) is 111 Å². The van der Waals surface area contributed by atoms with Crippen molar-refractivity contribution in [2.75, 3.05) is 11.1 Å². The van der Waals surface area contributed by atoms with Gasteiger partial charge in [0.25, 0.3) is 0 Å². The van der Waals surface area contributed by atoms with Gasteiger partial charge in [-0.05, 0) is 24.3 Å². The van der Waals surface area contributed by atoms with Crippen molar-refractivity contribution in [3.63, 3.8) is 0 Å². The Bertz CT molecular complexity index is 1130. The number of primary amides is 1. The third-order valence-corrected chi connectivity index (χ3v) is 4.96. The molecular weight excluding hydrogens is 471 g/mol. The fourth-order valence-electron chi connectivity index (χ4n) is 3.20. The molecule has 0 aliphatic heterocycles. The molecule has 0 unspecified atom stereocenters. The molecule has 0 radical (unpaired) electrons. The van der Waals surface area contributed by atoms with Crippen LogP contribution < -0.4 is 16.8 Å². The number of alkyl halides is 3. The Kier molecular flexibility index (Phi) is 9.92. The van der Waals surface area contributed by atoms with Crippen LogP contribution in [-0.2, 0) is 15.8 Å². The summed E-state index contributed by atoms with van der Waals surface area (Å²) in [5.41, 5.74) is 8.80. The van der Waals surface area contributed by atoms with Gasteiger partial charge in [-0.3, -0.25) is 9.59 Å². The molecular formula is C24H25F5N4O2. The minimum absolute atomic E-state index is 0.0907. The number of amides is 2. The van der Waals surface area contributed by atoms with E-state index in [9.17, 15) is 31.5 Å². The monoisotopic (exact) mass is 496 g/mol. The van der Waals surface area contributed by atoms with Crippen molar-refractivity contribution in [1.82, 2.24) is 4.98 Å². The molecule has 4 rings (SSSR count). The van der Waals surface area contributed by atoms with E-state index in [0.29, 0.717) is 5.39 Å². The molecule has 1 heterocycles. The Hall–Kier alpha value is -3.76. The number of hydrogen-bond donors (Lipinski definition) is 3. The summed E-state index contributed by atoms with van der Waals surface area (Å²) in [6, 6.07) is 10.3. The summed E-state index contributed by atoms with van der Waals surface area (Å²) < 4.78 is 62.9. The van der Waals surface area contributed by atoms with Crippen LogP contribution in [0.15, 0.2) is 48.5 Å². The van der Waals surface area contributed by atoms with Crippen molar-refractivity contribution in [2.45, 2.75) is 44.7 Å². The summed E-state index contributed by atoms with van der Waals surface area (Å²) in [6.07, 6.45) is 4.54. The number of nitrogens with two attached hydrogens (primary N) is 2. The second-order valence-electron chi connectivity index (χ2n) is 7.65. The SMILES string of the molecule is C1CCCCC1.NC(=O)C(=O)Nc1c(F)cccc1F.Nc1cc(C(F)(F)F)nc2ccccc12. The number of nitrogen functional groups attached to an aromatic ring is 1. The Morgan fingerprint density at radius 2 is 1.37 bits per heavy atom. The number of carbonyl (C=O) groups excluding carboxylic acids is 2. The van der Waals surface area contributed by atoms with Gasteiger partial charge in [-0.15, -0.1) is 0 Å². The number of nitrogens with zero attached hydrogens (tertiary/aromatic N) is 1. The van der Waals surface area contributed by atoms with Crippen molar-refractivity contribution in [3.8, 4) is 0 Å². The van der Waals surface area contributed by atoms with Gasteiger partial charge in [-0.2, -0.15) is 13.2 Å². The normalized spacial score (nSPS) is 13.1. The highest BCUT2D eigenvalue weighted by Gasteiger charge is 2.33. The van der Waals surface area contributed by atoms with Crippen LogP contribution in [0.4, 0.5) is 33.3 Å². The number of anilines is 2. The quantitative estimate of drug-likeness (QED) is 0.302. The zero-order valence-electron chi connectivity index (χ0n) is 18.7. The van der Waals surface area contributed by atoms with E-state index in [1.807, 2.05) is 0 Å². The number of halogens is 5. The van der Waals surface area contributed by atoms with E-state index in [1.54, 1.807) is 23.5 Å². The second-order valence-corrected chi connectivity index (χ2v) is 7.65. The number of para-hydroxylation sites is 2. The molecule has 1 saturated carbocycles. The van der Waals surface area contributed by atoms with E-state index in [-0.39, 0.29) is 11.2 Å². The molecule has 1 aliphatic carbocycles. The molecule has 3 aromatic rings. The molecule has 0 bridgehead atoms. The first-order valence-electron chi connectivity index (χ1n) is 10.8. The van der Waals surface area contributed by atoms with Gasteiger partial charge in [0.05, 0.1) is 5.52 Å². The van der Waals surface area contributed by atoms with Gasteiger partial charge in [0.2, 0.25) is 0 Å². The van der Waals surface area contributed by atoms with Gasteiger partial charge < -0.3 is 16.8 Å². The zero-order valence-corrected chi connectivity index (χ0v) is 18.7. The van der Waals surface area contributed by atoms with Gasteiger partial charge in [0.1, 0.15) is 23.0 Å². The summed E-state index contributed by atoms with van der Waals surface area (Å²) in [5, 5.41) is 2.25. The molecule has 2 amide bonds. The number of carbonyl (C=O) groups is 2. The van der Waals surface area contributed by atoms with E-state index >= 15 is 0 Å². The van der Waals surface area contributed by atoms with E-state index < -0.39 is 41.0 Å². The minimum Gasteiger partial charge on any atom is -0.398 e. The number of hydrogen-bond acceptors (Lipinski definition) is 4. The van der Waals surface area contributed by atoms with Crippen molar-refractivity contribution < 1.29 is 31.5 Å². The average Bonchev–Trinajstić information content (AvgIpc) is 2.83. The second kappa shape index (κ2) is 12.6. The number of nitrogens with one attached hydrogen (secondary N) is 1. The maximum atomic E-state index is 12.9. The first kappa shape index (κ1) is 27.5. The highest BCUT2D eigenvalue weighted by Crippen LogP contribution is 2.31. The summed E-state index contributed by atoms with van der Waals surface area (Å²) in [7, 11) is 0. The zero-order chi connectivity index (χ0) is 26.0. The van der Waals surface area contributed by atoms with Gasteiger partial charge >= 0.3 is 18.0 Å². The van der Waals surface area contributed by atoms with Gasteiger partial charge in [0, 0.05) is 11.1 Å². The molecule has 2 aromatic carbocycles. The molecule has 6 nitrogen and oxygen atoms in total. The summed E-state index contributed by atoms with van der Waals surface area (Å²) >= 11 is 0. The van der Waals surface area contributed by atoms with Crippen LogP contribution in [0.2, 0.25) is 0 Å². The predicted molar refractivity (Wildman–Crippen MR) is 123 cm³/mol. The lowest BCUT2D eigenvalue weighted by molar-refractivity contribution is -0.140. The fraction of sp³-hybridized carbons (Fsp3) is 0.292. The average molecular weight is 496 g/mol. The predicted octanol–water partition coefficient (Wildman–Crippen LogP) is 5.57. The van der Waals surface area contributed by atoms with Gasteiger partial charge in [-0.25, -0.2) is 13.8 Å². The molecule has 1 aliphatic rings. The molecule has 35 heavy (non-hydrogen) atoms. The smallest absolute Gasteiger partial charge is 0.398 e. The Morgan fingerprint density at radius 3 is 1.86 bits per heavy atom. The molecule has 0 saturated heterocycles. The Morgan fingerprint density at radius 1 is 0.857 bits per heavy atom. The molecule has 0 spiro atoms. The van der Waals surface area contributed by atoms with E-state index in [4.69, 9.17) is 5.73 Å².